The van der Waals surface area contributed by atoms with Gasteiger partial charge in [0, 0.05) is 0 Å². The van der Waals surface area contributed by atoms with Gasteiger partial charge in [0.2, 0.25) is 0 Å². The third-order valence-electron chi connectivity index (χ3n) is 6.58. The molecule has 0 fully saturated rings. The Morgan fingerprint density at radius 2 is 1.36 bits per heavy atom. The largest absolute Gasteiger partial charge is 0.295 e. The first kappa shape index (κ1) is 21.2. The minimum atomic E-state index is 0.134. The van der Waals surface area contributed by atoms with E-state index in [2.05, 4.69) is 141 Å². The van der Waals surface area contributed by atoms with Gasteiger partial charge < -0.3 is 0 Å². The van der Waals surface area contributed by atoms with Gasteiger partial charge in [-0.25, -0.2) is 4.57 Å². The Bertz CT molecular complexity index is 1430. The van der Waals surface area contributed by atoms with E-state index in [1.807, 2.05) is 0 Å². The Hall–Kier alpha value is -3.65. The van der Waals surface area contributed by atoms with Crippen molar-refractivity contribution in [1.29, 1.82) is 0 Å². The number of hydrogen-bond acceptors (Lipinski definition) is 0. The van der Waals surface area contributed by atoms with Crippen molar-refractivity contribution in [2.75, 3.05) is 0 Å². The van der Waals surface area contributed by atoms with Crippen LogP contribution in [-0.2, 0) is 12.5 Å². The van der Waals surface area contributed by atoms with Crippen LogP contribution in [0.1, 0.15) is 31.9 Å². The molecule has 2 heteroatoms. The summed E-state index contributed by atoms with van der Waals surface area (Å²) in [5, 5.41) is 0. The number of aromatic nitrogens is 2. The van der Waals surface area contributed by atoms with Crippen molar-refractivity contribution in [2.45, 2.75) is 33.1 Å². The predicted molar refractivity (Wildman–Crippen MR) is 139 cm³/mol. The summed E-state index contributed by atoms with van der Waals surface area (Å²) >= 11 is 0. The average Bonchev–Trinajstić information content (AvgIpc) is 3.11. The summed E-state index contributed by atoms with van der Waals surface area (Å²) in [4.78, 5) is 0. The van der Waals surface area contributed by atoms with Gasteiger partial charge in [0.15, 0.2) is 11.0 Å². The van der Waals surface area contributed by atoms with Gasteiger partial charge in [-0.1, -0.05) is 87.5 Å². The van der Waals surface area contributed by atoms with Crippen molar-refractivity contribution in [3.05, 3.63) is 108 Å². The molecule has 0 aliphatic carbocycles. The summed E-state index contributed by atoms with van der Waals surface area (Å²) in [5.41, 5.74) is 10.1. The van der Waals surface area contributed by atoms with Gasteiger partial charge in [-0.15, -0.1) is 0 Å². The van der Waals surface area contributed by atoms with Gasteiger partial charge in [0.25, 0.3) is 5.82 Å². The van der Waals surface area contributed by atoms with Crippen molar-refractivity contribution < 1.29 is 4.57 Å². The number of fused-ring (bicyclic) bond motifs is 1. The maximum atomic E-state index is 2.40. The molecule has 0 aliphatic heterocycles. The number of imidazole rings is 1. The van der Waals surface area contributed by atoms with Crippen LogP contribution in [0, 0.1) is 6.92 Å². The fourth-order valence-corrected chi connectivity index (χ4v) is 4.71. The number of rotatable bonds is 3. The molecule has 164 valence electrons. The topological polar surface area (TPSA) is 8.81 Å². The fraction of sp³-hybridized carbons (Fsp3) is 0.194. The standard InChI is InChI=1S/C31H31N2/c1-22-21-24(23-11-7-6-8-12-23)15-20-27(22)30-32(5)28-13-9-10-14-29(28)33(30)26-18-16-25(17-19-26)31(2,3)4/h6-21H,1-5H3/q+1. The molecule has 5 rings (SSSR count). The lowest BCUT2D eigenvalue weighted by Crippen LogP contribution is -2.30. The highest BCUT2D eigenvalue weighted by Crippen LogP contribution is 2.32. The van der Waals surface area contributed by atoms with Crippen molar-refractivity contribution >= 4 is 11.0 Å². The Kier molecular flexibility index (Phi) is 5.17. The van der Waals surface area contributed by atoms with Crippen LogP contribution >= 0.6 is 0 Å². The minimum absolute atomic E-state index is 0.134. The molecule has 0 saturated heterocycles. The molecule has 0 saturated carbocycles. The van der Waals surface area contributed by atoms with Gasteiger partial charge in [0.05, 0.1) is 12.6 Å². The zero-order valence-electron chi connectivity index (χ0n) is 20.1. The Labute approximate surface area is 196 Å². The first-order chi connectivity index (χ1) is 15.8. The molecule has 2 nitrogen and oxygen atoms in total. The molecule has 33 heavy (non-hydrogen) atoms. The third-order valence-corrected chi connectivity index (χ3v) is 6.58. The van der Waals surface area contributed by atoms with E-state index < -0.39 is 0 Å². The van der Waals surface area contributed by atoms with E-state index >= 15 is 0 Å². The third kappa shape index (κ3) is 3.76. The summed E-state index contributed by atoms with van der Waals surface area (Å²) in [6.45, 7) is 8.99. The molecule has 0 atom stereocenters. The predicted octanol–water partition coefficient (Wildman–Crippen LogP) is 7.39. The second-order valence-electron chi connectivity index (χ2n) is 9.90. The van der Waals surface area contributed by atoms with Crippen molar-refractivity contribution in [1.82, 2.24) is 4.57 Å². The molecule has 1 heterocycles. The molecule has 0 aliphatic rings. The minimum Gasteiger partial charge on any atom is -0.225 e. The smallest absolute Gasteiger partial charge is 0.225 e. The lowest BCUT2D eigenvalue weighted by atomic mass is 9.87. The van der Waals surface area contributed by atoms with Crippen LogP contribution in [0.15, 0.2) is 97.1 Å². The van der Waals surface area contributed by atoms with Crippen molar-refractivity contribution in [3.63, 3.8) is 0 Å². The van der Waals surface area contributed by atoms with Crippen LogP contribution in [0.2, 0.25) is 0 Å². The molecule has 0 N–H and O–H groups in total. The van der Waals surface area contributed by atoms with Crippen LogP contribution in [0.3, 0.4) is 0 Å². The summed E-state index contributed by atoms with van der Waals surface area (Å²) in [6.07, 6.45) is 0. The fourth-order valence-electron chi connectivity index (χ4n) is 4.71. The van der Waals surface area contributed by atoms with Crippen LogP contribution in [0.4, 0.5) is 0 Å². The van der Waals surface area contributed by atoms with Crippen molar-refractivity contribution in [2.24, 2.45) is 7.05 Å². The van der Waals surface area contributed by atoms with E-state index in [-0.39, 0.29) is 5.41 Å². The van der Waals surface area contributed by atoms with Crippen molar-refractivity contribution in [3.8, 4) is 28.2 Å². The van der Waals surface area contributed by atoms with Gasteiger partial charge in [-0.3, -0.25) is 0 Å². The average molecular weight is 432 g/mol. The monoisotopic (exact) mass is 431 g/mol. The van der Waals surface area contributed by atoms with Gasteiger partial charge in [-0.2, -0.15) is 4.57 Å². The Morgan fingerprint density at radius 3 is 2.03 bits per heavy atom. The summed E-state index contributed by atoms with van der Waals surface area (Å²) < 4.78 is 4.71. The number of para-hydroxylation sites is 2. The van der Waals surface area contributed by atoms with Crippen LogP contribution in [0.25, 0.3) is 39.2 Å². The molecule has 0 spiro atoms. The maximum absolute atomic E-state index is 2.40. The highest BCUT2D eigenvalue weighted by atomic mass is 15.2. The summed E-state index contributed by atoms with van der Waals surface area (Å²) in [5.74, 6) is 1.19. The summed E-state index contributed by atoms with van der Waals surface area (Å²) in [7, 11) is 2.17. The van der Waals surface area contributed by atoms with Gasteiger partial charge >= 0.3 is 0 Å². The van der Waals surface area contributed by atoms with Gasteiger partial charge in [-0.05, 0) is 64.9 Å². The summed E-state index contributed by atoms with van der Waals surface area (Å²) in [6, 6.07) is 35.1. The first-order valence-corrected chi connectivity index (χ1v) is 11.6. The molecule has 0 radical (unpaired) electrons. The number of hydrogen-bond donors (Lipinski definition) is 0. The highest BCUT2D eigenvalue weighted by molar-refractivity contribution is 5.80. The number of benzene rings is 4. The lowest BCUT2D eigenvalue weighted by Gasteiger charge is -2.18. The maximum Gasteiger partial charge on any atom is 0.295 e. The molecule has 4 aromatic carbocycles. The zero-order valence-corrected chi connectivity index (χ0v) is 20.1. The number of nitrogens with zero attached hydrogens (tertiary/aromatic N) is 2. The SMILES string of the molecule is Cc1cc(-c2ccccc2)ccc1-c1n(-c2ccc(C(C)(C)C)cc2)c2ccccc2[n+]1C. The Balaban J connectivity index is 1.72. The molecule has 5 aromatic rings. The van der Waals surface area contributed by atoms with E-state index in [0.717, 1.165) is 0 Å². The van der Waals surface area contributed by atoms with Gasteiger partial charge in [0.1, 0.15) is 5.69 Å². The van der Waals surface area contributed by atoms with E-state index in [1.54, 1.807) is 0 Å². The van der Waals surface area contributed by atoms with Crippen LogP contribution in [0.5, 0.6) is 0 Å². The quantitative estimate of drug-likeness (QED) is 0.263. The van der Waals surface area contributed by atoms with Crippen LogP contribution < -0.4 is 4.57 Å². The molecular formula is C31H31N2+. The van der Waals surface area contributed by atoms with E-state index in [0.29, 0.717) is 0 Å². The molecule has 1 aromatic heterocycles. The second kappa shape index (κ2) is 8.04. The van der Waals surface area contributed by atoms with E-state index in [4.69, 9.17) is 0 Å². The molecule has 0 bridgehead atoms. The lowest BCUT2D eigenvalue weighted by molar-refractivity contribution is -0.633. The first-order valence-electron chi connectivity index (χ1n) is 11.6. The Morgan fingerprint density at radius 1 is 0.697 bits per heavy atom. The molecular weight excluding hydrogens is 400 g/mol. The molecule has 0 unspecified atom stereocenters. The zero-order chi connectivity index (χ0) is 23.2. The van der Waals surface area contributed by atoms with E-state index in [1.165, 1.54) is 50.4 Å². The van der Waals surface area contributed by atoms with E-state index in [9.17, 15) is 0 Å². The molecule has 0 amide bonds. The highest BCUT2D eigenvalue weighted by Gasteiger charge is 2.27. The number of aryl methyl sites for hydroxylation is 2. The normalized spacial score (nSPS) is 11.8. The second-order valence-corrected chi connectivity index (χ2v) is 9.90. The van der Waals surface area contributed by atoms with Crippen LogP contribution in [-0.4, -0.2) is 4.57 Å².